The molecule has 4 aromatic rings. The Kier molecular flexibility index (Phi) is 8.72. The Labute approximate surface area is 261 Å². The van der Waals surface area contributed by atoms with Crippen LogP contribution in [0.4, 0.5) is 0 Å². The van der Waals surface area contributed by atoms with E-state index in [1.807, 2.05) is 46.5 Å². The van der Waals surface area contributed by atoms with Crippen LogP contribution in [0.15, 0.2) is 48.8 Å². The predicted molar refractivity (Wildman–Crippen MR) is 167 cm³/mol. The van der Waals surface area contributed by atoms with Crippen LogP contribution in [0.25, 0.3) is 17.2 Å². The van der Waals surface area contributed by atoms with E-state index in [0.29, 0.717) is 80.1 Å². The lowest BCUT2D eigenvalue weighted by Gasteiger charge is -2.30. The number of amides is 3. The minimum Gasteiger partial charge on any atom is -0.493 e. The van der Waals surface area contributed by atoms with Gasteiger partial charge >= 0.3 is 0 Å². The number of benzene rings is 1. The van der Waals surface area contributed by atoms with Crippen LogP contribution >= 0.6 is 0 Å². The molecule has 12 heteroatoms. The van der Waals surface area contributed by atoms with Gasteiger partial charge in [0.15, 0.2) is 23.0 Å². The topological polar surface area (TPSA) is 132 Å². The zero-order chi connectivity index (χ0) is 31.5. The van der Waals surface area contributed by atoms with Crippen LogP contribution in [0.5, 0.6) is 11.5 Å². The quantitative estimate of drug-likeness (QED) is 0.362. The van der Waals surface area contributed by atoms with Crippen molar-refractivity contribution in [3.8, 4) is 23.0 Å². The van der Waals surface area contributed by atoms with Gasteiger partial charge in [0.1, 0.15) is 0 Å². The van der Waals surface area contributed by atoms with Crippen LogP contribution in [0.1, 0.15) is 53.6 Å². The zero-order valence-electron chi connectivity index (χ0n) is 25.9. The molecule has 0 aliphatic carbocycles. The highest BCUT2D eigenvalue weighted by molar-refractivity contribution is 5.95. The van der Waals surface area contributed by atoms with E-state index in [0.717, 1.165) is 16.8 Å². The second kappa shape index (κ2) is 13.0. The van der Waals surface area contributed by atoms with Crippen LogP contribution in [0.2, 0.25) is 0 Å². The van der Waals surface area contributed by atoms with Crippen LogP contribution < -0.4 is 20.1 Å². The number of carbonyl (C=O) groups is 3. The third-order valence-electron chi connectivity index (χ3n) is 8.83. The van der Waals surface area contributed by atoms with Crippen LogP contribution in [0, 0.1) is 0 Å². The summed E-state index contributed by atoms with van der Waals surface area (Å²) < 4.78 is 15.0. The SMILES string of the molecule is COc1cc2cc(c1OC)CCCNC(=O)C[C@@H]1CC[C@H](CNC(=O)CC2)N1C(=O)c1ccc2nnc(-c3cccn3C)n2c1. The molecule has 4 bridgehead atoms. The van der Waals surface area contributed by atoms with E-state index in [-0.39, 0.29) is 36.2 Å². The molecule has 6 rings (SSSR count). The number of pyridine rings is 1. The largest absolute Gasteiger partial charge is 0.493 e. The van der Waals surface area contributed by atoms with E-state index < -0.39 is 0 Å². The molecule has 3 aromatic heterocycles. The molecule has 1 saturated heterocycles. The van der Waals surface area contributed by atoms with Crippen molar-refractivity contribution in [1.29, 1.82) is 0 Å². The lowest BCUT2D eigenvalue weighted by Crippen LogP contribution is -2.48. The number of nitrogens with one attached hydrogen (secondary N) is 2. The number of ether oxygens (including phenoxy) is 2. The summed E-state index contributed by atoms with van der Waals surface area (Å²) in [5.41, 5.74) is 3.91. The van der Waals surface area contributed by atoms with Crippen molar-refractivity contribution in [2.24, 2.45) is 7.05 Å². The molecule has 0 radical (unpaired) electrons. The second-order valence-electron chi connectivity index (χ2n) is 11.7. The molecule has 2 aliphatic rings. The highest BCUT2D eigenvalue weighted by atomic mass is 16.5. The number of hydrogen-bond acceptors (Lipinski definition) is 7. The van der Waals surface area contributed by atoms with E-state index in [1.165, 1.54) is 0 Å². The third-order valence-corrected chi connectivity index (χ3v) is 8.83. The highest BCUT2D eigenvalue weighted by Crippen LogP contribution is 2.34. The fourth-order valence-electron chi connectivity index (χ4n) is 6.54. The predicted octanol–water partition coefficient (Wildman–Crippen LogP) is 2.93. The van der Waals surface area contributed by atoms with Gasteiger partial charge in [0.2, 0.25) is 11.8 Å². The van der Waals surface area contributed by atoms with E-state index in [1.54, 1.807) is 37.4 Å². The number of nitrogens with zero attached hydrogens (tertiary/aromatic N) is 5. The summed E-state index contributed by atoms with van der Waals surface area (Å²) in [7, 11) is 5.14. The van der Waals surface area contributed by atoms with E-state index in [2.05, 4.69) is 20.8 Å². The first-order chi connectivity index (χ1) is 21.9. The van der Waals surface area contributed by atoms with Crippen LogP contribution in [-0.4, -0.2) is 81.2 Å². The molecule has 5 heterocycles. The normalized spacial score (nSPS) is 19.6. The Morgan fingerprint density at radius 3 is 2.58 bits per heavy atom. The van der Waals surface area contributed by atoms with Gasteiger partial charge in [-0.05, 0) is 73.6 Å². The maximum atomic E-state index is 14.2. The fraction of sp³-hybridized carbons (Fsp3) is 0.424. The summed E-state index contributed by atoms with van der Waals surface area (Å²) >= 11 is 0. The summed E-state index contributed by atoms with van der Waals surface area (Å²) in [5, 5.41) is 14.7. The number of fused-ring (bicyclic) bond motifs is 5. The van der Waals surface area contributed by atoms with E-state index >= 15 is 0 Å². The van der Waals surface area contributed by atoms with Crippen molar-refractivity contribution in [2.75, 3.05) is 27.3 Å². The van der Waals surface area contributed by atoms with Gasteiger partial charge in [-0.2, -0.15) is 0 Å². The fourth-order valence-corrected chi connectivity index (χ4v) is 6.54. The Morgan fingerprint density at radius 2 is 1.80 bits per heavy atom. The van der Waals surface area contributed by atoms with Gasteiger partial charge in [-0.25, -0.2) is 0 Å². The Bertz CT molecular complexity index is 1730. The lowest BCUT2D eigenvalue weighted by atomic mass is 10.0. The van der Waals surface area contributed by atoms with Gasteiger partial charge in [0, 0.05) is 57.5 Å². The lowest BCUT2D eigenvalue weighted by molar-refractivity contribution is -0.123. The van der Waals surface area contributed by atoms with Crippen molar-refractivity contribution < 1.29 is 23.9 Å². The number of carbonyl (C=O) groups excluding carboxylic acids is 3. The molecule has 2 atom stereocenters. The molecule has 3 amide bonds. The third kappa shape index (κ3) is 6.22. The molecule has 2 aliphatic heterocycles. The molecule has 236 valence electrons. The number of rotatable bonds is 4. The van der Waals surface area contributed by atoms with E-state index in [9.17, 15) is 14.4 Å². The van der Waals surface area contributed by atoms with Gasteiger partial charge in [-0.1, -0.05) is 6.07 Å². The van der Waals surface area contributed by atoms with Crippen molar-refractivity contribution >= 4 is 23.4 Å². The maximum Gasteiger partial charge on any atom is 0.255 e. The first-order valence-corrected chi connectivity index (χ1v) is 15.4. The van der Waals surface area contributed by atoms with E-state index in [4.69, 9.17) is 9.47 Å². The Hall–Kier alpha value is -4.87. The summed E-state index contributed by atoms with van der Waals surface area (Å²) in [4.78, 5) is 42.1. The zero-order valence-corrected chi connectivity index (χ0v) is 25.9. The van der Waals surface area contributed by atoms with Gasteiger partial charge in [-0.3, -0.25) is 18.8 Å². The number of hydrogen-bond donors (Lipinski definition) is 2. The van der Waals surface area contributed by atoms with Gasteiger partial charge in [0.25, 0.3) is 5.91 Å². The summed E-state index contributed by atoms with van der Waals surface area (Å²) in [6.45, 7) is 0.800. The van der Waals surface area contributed by atoms with Gasteiger partial charge in [0.05, 0.1) is 25.5 Å². The van der Waals surface area contributed by atoms with Gasteiger partial charge in [-0.15, -0.1) is 10.2 Å². The van der Waals surface area contributed by atoms with Gasteiger partial charge < -0.3 is 29.6 Å². The summed E-state index contributed by atoms with van der Waals surface area (Å²) in [6, 6.07) is 10.8. The smallest absolute Gasteiger partial charge is 0.255 e. The molecule has 1 aromatic carbocycles. The minimum atomic E-state index is -0.293. The van der Waals surface area contributed by atoms with Crippen LogP contribution in [-0.2, 0) is 29.5 Å². The van der Waals surface area contributed by atoms with Crippen molar-refractivity contribution in [3.63, 3.8) is 0 Å². The molecule has 0 spiro atoms. The number of aryl methyl sites for hydroxylation is 3. The van der Waals surface area contributed by atoms with Crippen LogP contribution in [0.3, 0.4) is 0 Å². The molecule has 0 saturated carbocycles. The highest BCUT2D eigenvalue weighted by Gasteiger charge is 2.38. The summed E-state index contributed by atoms with van der Waals surface area (Å²) in [6.07, 6.45) is 7.44. The Morgan fingerprint density at radius 1 is 0.956 bits per heavy atom. The molecule has 2 N–H and O–H groups in total. The number of aromatic nitrogens is 4. The monoisotopic (exact) mass is 613 g/mol. The molecular weight excluding hydrogens is 574 g/mol. The van der Waals surface area contributed by atoms with Crippen molar-refractivity contribution in [3.05, 3.63) is 65.5 Å². The minimum absolute atomic E-state index is 0.0950. The Balaban J connectivity index is 1.25. The van der Waals surface area contributed by atoms with Crippen molar-refractivity contribution in [1.82, 2.24) is 34.7 Å². The maximum absolute atomic E-state index is 14.2. The first kappa shape index (κ1) is 30.2. The van der Waals surface area contributed by atoms with Crippen molar-refractivity contribution in [2.45, 2.75) is 57.0 Å². The summed E-state index contributed by atoms with van der Waals surface area (Å²) in [5.74, 6) is 1.53. The first-order valence-electron chi connectivity index (χ1n) is 15.4. The molecular formula is C33H39N7O5. The molecule has 0 unspecified atom stereocenters. The second-order valence-corrected chi connectivity index (χ2v) is 11.7. The molecule has 1 fully saturated rings. The standard InChI is InChI=1S/C33H39N7O5/c1-38-15-5-7-26(38)32-37-36-28-12-9-23(20-39(28)32)33(43)40-24-10-11-25(40)19-35-29(41)13-8-21-16-22(6-4-14-34-30(42)18-24)31(45-3)27(17-21)44-2/h5,7,9,12,15-17,20,24-25H,4,6,8,10-11,13-14,18-19H2,1-3H3,(H,34,42)(H,35,41)/t24-,25+/m0/s1. The molecule has 12 nitrogen and oxygen atoms in total. The number of methoxy groups -OCH3 is 2. The average molecular weight is 614 g/mol. The molecule has 45 heavy (non-hydrogen) atoms. The average Bonchev–Trinajstić information content (AvgIpc) is 3.77.